The van der Waals surface area contributed by atoms with E-state index in [9.17, 15) is 4.79 Å². The second-order valence-electron chi connectivity index (χ2n) is 4.01. The van der Waals surface area contributed by atoms with Gasteiger partial charge in [-0.2, -0.15) is 0 Å². The summed E-state index contributed by atoms with van der Waals surface area (Å²) in [5.41, 5.74) is 2.45. The van der Waals surface area contributed by atoms with Crippen molar-refractivity contribution < 1.29 is 9.53 Å². The number of hydrogen-bond acceptors (Lipinski definition) is 5. The van der Waals surface area contributed by atoms with E-state index in [1.165, 1.54) is 0 Å². The number of thiazole rings is 1. The third-order valence-electron chi connectivity index (χ3n) is 2.51. The highest BCUT2D eigenvalue weighted by atomic mass is 32.1. The summed E-state index contributed by atoms with van der Waals surface area (Å²) in [6, 6.07) is 7.29. The van der Waals surface area contributed by atoms with Gasteiger partial charge in [-0.15, -0.1) is 11.3 Å². The summed E-state index contributed by atoms with van der Waals surface area (Å²) < 4.78 is 4.97. The van der Waals surface area contributed by atoms with E-state index < -0.39 is 0 Å². The first-order valence-electron chi connectivity index (χ1n) is 6.11. The second-order valence-corrected chi connectivity index (χ2v) is 5.07. The summed E-state index contributed by atoms with van der Waals surface area (Å²) >= 11 is 1.63. The fourth-order valence-corrected chi connectivity index (χ4v) is 2.27. The summed E-state index contributed by atoms with van der Waals surface area (Å²) in [7, 11) is 0. The van der Waals surface area contributed by atoms with Crippen LogP contribution in [0.15, 0.2) is 29.6 Å². The molecule has 1 aromatic heterocycles. The first-order chi connectivity index (χ1) is 9.19. The van der Waals surface area contributed by atoms with Crippen LogP contribution >= 0.6 is 11.3 Å². The number of esters is 1. The van der Waals surface area contributed by atoms with Gasteiger partial charge in [-0.1, -0.05) is 6.07 Å². The molecule has 2 rings (SSSR count). The molecule has 0 saturated heterocycles. The molecule has 0 aliphatic rings. The van der Waals surface area contributed by atoms with Gasteiger partial charge in [0.1, 0.15) is 0 Å². The molecule has 1 heterocycles. The maximum Gasteiger partial charge on any atom is 0.338 e. The van der Waals surface area contributed by atoms with Crippen molar-refractivity contribution in [2.24, 2.45) is 0 Å². The molecule has 0 bridgehead atoms. The normalized spacial score (nSPS) is 10.2. The first-order valence-corrected chi connectivity index (χ1v) is 6.99. The van der Waals surface area contributed by atoms with Crippen molar-refractivity contribution in [2.75, 3.05) is 11.9 Å². The Morgan fingerprint density at radius 2 is 2.32 bits per heavy atom. The fourth-order valence-electron chi connectivity index (χ4n) is 1.65. The molecule has 0 spiro atoms. The number of aryl methyl sites for hydroxylation is 1. The highest BCUT2D eigenvalue weighted by Crippen LogP contribution is 2.14. The Bertz CT molecular complexity index is 566. The highest BCUT2D eigenvalue weighted by molar-refractivity contribution is 7.09. The Hall–Kier alpha value is -1.88. The Morgan fingerprint density at radius 3 is 3.00 bits per heavy atom. The lowest BCUT2D eigenvalue weighted by Crippen LogP contribution is -2.06. The van der Waals surface area contributed by atoms with E-state index in [1.807, 2.05) is 24.4 Å². The Labute approximate surface area is 116 Å². The Kier molecular flexibility index (Phi) is 4.52. The summed E-state index contributed by atoms with van der Waals surface area (Å²) in [6.07, 6.45) is 0. The molecule has 19 heavy (non-hydrogen) atoms. The molecule has 4 nitrogen and oxygen atoms in total. The van der Waals surface area contributed by atoms with Crippen LogP contribution in [0.5, 0.6) is 0 Å². The predicted octanol–water partition coefficient (Wildman–Crippen LogP) is 3.24. The van der Waals surface area contributed by atoms with Crippen molar-refractivity contribution in [1.29, 1.82) is 0 Å². The average Bonchev–Trinajstić information content (AvgIpc) is 2.83. The standard InChI is InChI=1S/C14H16N2O2S/c1-3-18-14(17)11-5-4-6-12(7-11)15-8-13-9-19-10(2)16-13/h4-7,9,15H,3,8H2,1-2H3. The number of anilines is 1. The third-order valence-corrected chi connectivity index (χ3v) is 3.34. The number of aromatic nitrogens is 1. The first kappa shape index (κ1) is 13.5. The van der Waals surface area contributed by atoms with Gasteiger partial charge in [0.25, 0.3) is 0 Å². The predicted molar refractivity (Wildman–Crippen MR) is 76.6 cm³/mol. The number of hydrogen-bond donors (Lipinski definition) is 1. The molecule has 1 aromatic carbocycles. The molecule has 0 aliphatic heterocycles. The molecule has 2 aromatic rings. The van der Waals surface area contributed by atoms with E-state index in [2.05, 4.69) is 10.3 Å². The summed E-state index contributed by atoms with van der Waals surface area (Å²) in [5.74, 6) is -0.296. The third kappa shape index (κ3) is 3.79. The zero-order valence-electron chi connectivity index (χ0n) is 11.0. The second kappa shape index (κ2) is 6.33. The van der Waals surface area contributed by atoms with Gasteiger partial charge >= 0.3 is 5.97 Å². The topological polar surface area (TPSA) is 51.2 Å². The van der Waals surface area contributed by atoms with Crippen LogP contribution in [0.2, 0.25) is 0 Å². The molecular weight excluding hydrogens is 260 g/mol. The van der Waals surface area contributed by atoms with E-state index in [-0.39, 0.29) is 5.97 Å². The average molecular weight is 276 g/mol. The molecule has 0 radical (unpaired) electrons. The summed E-state index contributed by atoms with van der Waals surface area (Å²) in [4.78, 5) is 16.0. The van der Waals surface area contributed by atoms with Gasteiger partial charge in [0.2, 0.25) is 0 Å². The summed E-state index contributed by atoms with van der Waals surface area (Å²) in [5, 5.41) is 6.33. The molecule has 0 saturated carbocycles. The van der Waals surface area contributed by atoms with Gasteiger partial charge in [-0.25, -0.2) is 9.78 Å². The van der Waals surface area contributed by atoms with Crippen LogP contribution in [-0.4, -0.2) is 17.6 Å². The smallest absolute Gasteiger partial charge is 0.338 e. The number of carbonyl (C=O) groups is 1. The van der Waals surface area contributed by atoms with Crippen molar-refractivity contribution in [3.8, 4) is 0 Å². The van der Waals surface area contributed by atoms with Gasteiger partial charge in [-0.05, 0) is 32.0 Å². The van der Waals surface area contributed by atoms with Gasteiger partial charge in [0.05, 0.1) is 29.4 Å². The number of nitrogens with one attached hydrogen (secondary N) is 1. The van der Waals surface area contributed by atoms with Crippen LogP contribution < -0.4 is 5.32 Å². The van der Waals surface area contributed by atoms with Crippen LogP contribution in [0.4, 0.5) is 5.69 Å². The Morgan fingerprint density at radius 1 is 1.47 bits per heavy atom. The minimum absolute atomic E-state index is 0.296. The van der Waals surface area contributed by atoms with Crippen LogP contribution in [-0.2, 0) is 11.3 Å². The lowest BCUT2D eigenvalue weighted by molar-refractivity contribution is 0.0526. The number of ether oxygens (including phenoxy) is 1. The van der Waals surface area contributed by atoms with Gasteiger partial charge in [0, 0.05) is 11.1 Å². The molecule has 0 unspecified atom stereocenters. The monoisotopic (exact) mass is 276 g/mol. The molecule has 100 valence electrons. The summed E-state index contributed by atoms with van der Waals surface area (Å²) in [6.45, 7) is 4.81. The zero-order valence-corrected chi connectivity index (χ0v) is 11.8. The molecule has 0 amide bonds. The maximum atomic E-state index is 11.6. The number of nitrogens with zero attached hydrogens (tertiary/aromatic N) is 1. The molecule has 0 fully saturated rings. The van der Waals surface area contributed by atoms with E-state index in [0.717, 1.165) is 16.4 Å². The van der Waals surface area contributed by atoms with E-state index in [4.69, 9.17) is 4.74 Å². The van der Waals surface area contributed by atoms with Gasteiger partial charge < -0.3 is 10.1 Å². The van der Waals surface area contributed by atoms with Crippen molar-refractivity contribution in [1.82, 2.24) is 4.98 Å². The van der Waals surface area contributed by atoms with Crippen molar-refractivity contribution in [3.05, 3.63) is 45.9 Å². The fraction of sp³-hybridized carbons (Fsp3) is 0.286. The van der Waals surface area contributed by atoms with Gasteiger partial charge in [0.15, 0.2) is 0 Å². The lowest BCUT2D eigenvalue weighted by atomic mass is 10.2. The van der Waals surface area contributed by atoms with Crippen LogP contribution in [0.1, 0.15) is 28.0 Å². The minimum Gasteiger partial charge on any atom is -0.462 e. The quantitative estimate of drug-likeness (QED) is 0.852. The largest absolute Gasteiger partial charge is 0.462 e. The highest BCUT2D eigenvalue weighted by Gasteiger charge is 2.06. The molecule has 0 aliphatic carbocycles. The Balaban J connectivity index is 2.00. The van der Waals surface area contributed by atoms with Crippen LogP contribution in [0.25, 0.3) is 0 Å². The van der Waals surface area contributed by atoms with Crippen molar-refractivity contribution in [2.45, 2.75) is 20.4 Å². The maximum absolute atomic E-state index is 11.6. The number of benzene rings is 1. The number of rotatable bonds is 5. The van der Waals surface area contributed by atoms with Crippen molar-refractivity contribution in [3.63, 3.8) is 0 Å². The van der Waals surface area contributed by atoms with Crippen LogP contribution in [0.3, 0.4) is 0 Å². The SMILES string of the molecule is CCOC(=O)c1cccc(NCc2csc(C)n2)c1. The minimum atomic E-state index is -0.296. The molecular formula is C14H16N2O2S. The van der Waals surface area contributed by atoms with E-state index >= 15 is 0 Å². The van der Waals surface area contributed by atoms with Gasteiger partial charge in [-0.3, -0.25) is 0 Å². The zero-order chi connectivity index (χ0) is 13.7. The van der Waals surface area contributed by atoms with Crippen molar-refractivity contribution >= 4 is 23.0 Å². The van der Waals surface area contributed by atoms with Crippen LogP contribution in [0, 0.1) is 6.92 Å². The molecule has 1 N–H and O–H groups in total. The lowest BCUT2D eigenvalue weighted by Gasteiger charge is -2.07. The molecule has 5 heteroatoms. The van der Waals surface area contributed by atoms with E-state index in [0.29, 0.717) is 18.7 Å². The molecule has 0 atom stereocenters. The number of carbonyl (C=O) groups excluding carboxylic acids is 1. The van der Waals surface area contributed by atoms with E-state index in [1.54, 1.807) is 30.4 Å².